The van der Waals surface area contributed by atoms with Crippen molar-refractivity contribution in [2.45, 2.75) is 19.6 Å². The molecule has 0 spiro atoms. The number of benzene rings is 1. The molecular formula is C16H22N2OS. The summed E-state index contributed by atoms with van der Waals surface area (Å²) in [5.74, 6) is 0.909. The fourth-order valence-corrected chi connectivity index (χ4v) is 3.25. The average Bonchev–Trinajstić information content (AvgIpc) is 2.87. The smallest absolute Gasteiger partial charge is 0.118 e. The normalized spacial score (nSPS) is 11.0. The quantitative estimate of drug-likeness (QED) is 0.848. The molecule has 0 fully saturated rings. The fraction of sp³-hybridized carbons (Fsp3) is 0.375. The highest BCUT2D eigenvalue weighted by Gasteiger charge is 2.05. The number of nitrogens with zero attached hydrogens (tertiary/aromatic N) is 1. The number of methoxy groups -OCH3 is 1. The maximum absolute atomic E-state index is 5.18. The number of thiophene rings is 1. The highest BCUT2D eigenvalue weighted by Crippen LogP contribution is 2.19. The molecule has 0 bridgehead atoms. The molecule has 0 amide bonds. The van der Waals surface area contributed by atoms with E-state index in [0.29, 0.717) is 0 Å². The van der Waals surface area contributed by atoms with Gasteiger partial charge in [-0.1, -0.05) is 12.1 Å². The summed E-state index contributed by atoms with van der Waals surface area (Å²) >= 11 is 1.88. The monoisotopic (exact) mass is 290 g/mol. The first kappa shape index (κ1) is 15.0. The lowest BCUT2D eigenvalue weighted by Crippen LogP contribution is -2.16. The average molecular weight is 290 g/mol. The molecule has 0 aliphatic heterocycles. The van der Waals surface area contributed by atoms with Gasteiger partial charge in [-0.15, -0.1) is 11.3 Å². The summed E-state index contributed by atoms with van der Waals surface area (Å²) in [5.41, 5.74) is 1.31. The van der Waals surface area contributed by atoms with Gasteiger partial charge in [-0.25, -0.2) is 0 Å². The highest BCUT2D eigenvalue weighted by molar-refractivity contribution is 7.11. The third-order valence-corrected chi connectivity index (χ3v) is 4.18. The van der Waals surface area contributed by atoms with Crippen LogP contribution >= 0.6 is 11.3 Å². The molecule has 0 aliphatic rings. The van der Waals surface area contributed by atoms with Crippen LogP contribution in [0.15, 0.2) is 36.4 Å². The van der Waals surface area contributed by atoms with E-state index in [1.54, 1.807) is 7.11 Å². The molecule has 108 valence electrons. The van der Waals surface area contributed by atoms with E-state index in [0.717, 1.165) is 25.4 Å². The maximum Gasteiger partial charge on any atom is 0.118 e. The summed E-state index contributed by atoms with van der Waals surface area (Å²) in [4.78, 5) is 5.13. The van der Waals surface area contributed by atoms with Crippen molar-refractivity contribution in [3.05, 3.63) is 51.7 Å². The molecule has 1 N–H and O–H groups in total. The first-order valence-electron chi connectivity index (χ1n) is 6.75. The molecule has 20 heavy (non-hydrogen) atoms. The van der Waals surface area contributed by atoms with Gasteiger partial charge in [0.05, 0.1) is 7.11 Å². The molecule has 0 aliphatic carbocycles. The van der Waals surface area contributed by atoms with Crippen molar-refractivity contribution in [1.29, 1.82) is 0 Å². The third-order valence-electron chi connectivity index (χ3n) is 3.11. The molecule has 3 nitrogen and oxygen atoms in total. The largest absolute Gasteiger partial charge is 0.497 e. The molecular weight excluding hydrogens is 268 g/mol. The molecule has 0 radical (unpaired) electrons. The van der Waals surface area contributed by atoms with E-state index in [1.807, 2.05) is 30.5 Å². The van der Waals surface area contributed by atoms with Gasteiger partial charge in [-0.2, -0.15) is 0 Å². The van der Waals surface area contributed by atoms with Crippen molar-refractivity contribution < 1.29 is 4.74 Å². The number of nitrogens with one attached hydrogen (secondary N) is 1. The molecule has 0 atom stereocenters. The molecule has 2 rings (SSSR count). The Morgan fingerprint density at radius 1 is 1.05 bits per heavy atom. The van der Waals surface area contributed by atoms with E-state index in [4.69, 9.17) is 4.74 Å². The van der Waals surface area contributed by atoms with Gasteiger partial charge in [0.15, 0.2) is 0 Å². The first-order valence-corrected chi connectivity index (χ1v) is 7.56. The number of rotatable bonds is 7. The first-order chi connectivity index (χ1) is 9.71. The summed E-state index contributed by atoms with van der Waals surface area (Å²) in [7, 11) is 5.83. The van der Waals surface area contributed by atoms with Crippen LogP contribution in [0.4, 0.5) is 0 Å². The van der Waals surface area contributed by atoms with Crippen molar-refractivity contribution in [2.75, 3.05) is 21.2 Å². The Morgan fingerprint density at radius 2 is 1.75 bits per heavy atom. The molecule has 2 aromatic rings. The Bertz CT molecular complexity index is 522. The Kier molecular flexibility index (Phi) is 5.59. The maximum atomic E-state index is 5.18. The molecule has 4 heteroatoms. The molecule has 1 aromatic carbocycles. The Hall–Kier alpha value is -1.36. The summed E-state index contributed by atoms with van der Waals surface area (Å²) in [5, 5.41) is 3.19. The van der Waals surface area contributed by atoms with Gasteiger partial charge < -0.3 is 10.1 Å². The van der Waals surface area contributed by atoms with Crippen molar-refractivity contribution in [1.82, 2.24) is 10.2 Å². The zero-order valence-corrected chi connectivity index (χ0v) is 13.2. The second-order valence-electron chi connectivity index (χ2n) is 4.92. The van der Waals surface area contributed by atoms with Crippen LogP contribution in [-0.4, -0.2) is 26.1 Å². The minimum absolute atomic E-state index is 0.909. The SMILES string of the molecule is CNCc1ccc(CN(C)Cc2ccc(OC)cc2)s1. The van der Waals surface area contributed by atoms with Crippen LogP contribution in [0.3, 0.4) is 0 Å². The van der Waals surface area contributed by atoms with Gasteiger partial charge in [0, 0.05) is 29.4 Å². The Labute approximate surface area is 125 Å². The van der Waals surface area contributed by atoms with Gasteiger partial charge >= 0.3 is 0 Å². The van der Waals surface area contributed by atoms with E-state index < -0.39 is 0 Å². The van der Waals surface area contributed by atoms with E-state index in [1.165, 1.54) is 15.3 Å². The van der Waals surface area contributed by atoms with Gasteiger partial charge in [-0.05, 0) is 43.9 Å². The van der Waals surface area contributed by atoms with Gasteiger partial charge in [0.2, 0.25) is 0 Å². The van der Waals surface area contributed by atoms with Gasteiger partial charge in [0.25, 0.3) is 0 Å². The molecule has 1 aromatic heterocycles. The summed E-state index contributed by atoms with van der Waals surface area (Å²) in [6, 6.07) is 12.7. The van der Waals surface area contributed by atoms with Crippen LogP contribution in [-0.2, 0) is 19.6 Å². The molecule has 0 unspecified atom stereocenters. The van der Waals surface area contributed by atoms with E-state index in [2.05, 4.69) is 41.5 Å². The number of hydrogen-bond donors (Lipinski definition) is 1. The van der Waals surface area contributed by atoms with Crippen LogP contribution in [0.25, 0.3) is 0 Å². The minimum Gasteiger partial charge on any atom is -0.497 e. The van der Waals surface area contributed by atoms with Crippen LogP contribution in [0.5, 0.6) is 5.75 Å². The fourth-order valence-electron chi connectivity index (χ4n) is 2.14. The van der Waals surface area contributed by atoms with Gasteiger partial charge in [0.1, 0.15) is 5.75 Å². The highest BCUT2D eigenvalue weighted by atomic mass is 32.1. The van der Waals surface area contributed by atoms with Crippen LogP contribution in [0.1, 0.15) is 15.3 Å². The second kappa shape index (κ2) is 7.43. The zero-order valence-electron chi connectivity index (χ0n) is 12.3. The predicted molar refractivity (Wildman–Crippen MR) is 85.2 cm³/mol. The molecule has 1 heterocycles. The Morgan fingerprint density at radius 3 is 2.40 bits per heavy atom. The van der Waals surface area contributed by atoms with Crippen molar-refractivity contribution in [3.8, 4) is 5.75 Å². The van der Waals surface area contributed by atoms with E-state index >= 15 is 0 Å². The lowest BCUT2D eigenvalue weighted by atomic mass is 10.2. The minimum atomic E-state index is 0.909. The zero-order chi connectivity index (χ0) is 14.4. The predicted octanol–water partition coefficient (Wildman–Crippen LogP) is 3.11. The number of hydrogen-bond acceptors (Lipinski definition) is 4. The summed E-state index contributed by atoms with van der Waals surface area (Å²) in [6.45, 7) is 2.89. The second-order valence-corrected chi connectivity index (χ2v) is 6.17. The van der Waals surface area contributed by atoms with Gasteiger partial charge in [-0.3, -0.25) is 4.90 Å². The van der Waals surface area contributed by atoms with Crippen LogP contribution in [0, 0.1) is 0 Å². The summed E-state index contributed by atoms with van der Waals surface area (Å²) < 4.78 is 5.18. The van der Waals surface area contributed by atoms with Crippen molar-refractivity contribution in [3.63, 3.8) is 0 Å². The topological polar surface area (TPSA) is 24.5 Å². The van der Waals surface area contributed by atoms with Crippen molar-refractivity contribution in [2.24, 2.45) is 0 Å². The lowest BCUT2D eigenvalue weighted by Gasteiger charge is -2.15. The van der Waals surface area contributed by atoms with E-state index in [9.17, 15) is 0 Å². The summed E-state index contributed by atoms with van der Waals surface area (Å²) in [6.07, 6.45) is 0. The standard InChI is InChI=1S/C16H22N2OS/c1-17-10-15-8-9-16(20-15)12-18(2)11-13-4-6-14(19-3)7-5-13/h4-9,17H,10-12H2,1-3H3. The van der Waals surface area contributed by atoms with Crippen molar-refractivity contribution >= 4 is 11.3 Å². The lowest BCUT2D eigenvalue weighted by molar-refractivity contribution is 0.321. The molecule has 0 saturated heterocycles. The molecule has 0 saturated carbocycles. The number of ether oxygens (including phenoxy) is 1. The van der Waals surface area contributed by atoms with E-state index in [-0.39, 0.29) is 0 Å². The van der Waals surface area contributed by atoms with Crippen LogP contribution < -0.4 is 10.1 Å². The van der Waals surface area contributed by atoms with Crippen LogP contribution in [0.2, 0.25) is 0 Å². The third kappa shape index (κ3) is 4.34. The Balaban J connectivity index is 1.88.